The van der Waals surface area contributed by atoms with Crippen LogP contribution in [0.15, 0.2) is 121 Å². The van der Waals surface area contributed by atoms with E-state index in [1.807, 2.05) is 6.07 Å². The predicted octanol–water partition coefficient (Wildman–Crippen LogP) is 8.73. The van der Waals surface area contributed by atoms with Gasteiger partial charge in [0.05, 0.1) is 21.3 Å². The highest BCUT2D eigenvalue weighted by atomic mass is 32.1. The summed E-state index contributed by atoms with van der Waals surface area (Å²) in [5, 5.41) is 3.61. The Balaban J connectivity index is 1.34. The molecule has 3 heteroatoms. The Morgan fingerprint density at radius 1 is 0.529 bits per heavy atom. The summed E-state index contributed by atoms with van der Waals surface area (Å²) in [6.07, 6.45) is 0. The van der Waals surface area contributed by atoms with Crippen LogP contribution in [0.3, 0.4) is 0 Å². The maximum absolute atomic E-state index is 4.81. The summed E-state index contributed by atoms with van der Waals surface area (Å²) in [5.74, 6) is 0. The largest absolute Gasteiger partial charge is 0.309 e. The molecule has 5 aromatic carbocycles. The van der Waals surface area contributed by atoms with E-state index in [2.05, 4.69) is 120 Å². The summed E-state index contributed by atoms with van der Waals surface area (Å²) in [7, 11) is 0. The molecule has 0 N–H and O–H groups in total. The van der Waals surface area contributed by atoms with E-state index in [1.54, 1.807) is 11.3 Å². The number of hydrogen-bond donors (Lipinski definition) is 0. The Kier molecular flexibility index (Phi) is 4.36. The Labute approximate surface area is 201 Å². The van der Waals surface area contributed by atoms with Gasteiger partial charge in [0.25, 0.3) is 0 Å². The Morgan fingerprint density at radius 3 is 2.06 bits per heavy atom. The smallest absolute Gasteiger partial charge is 0.124 e. The van der Waals surface area contributed by atoms with Crippen LogP contribution < -0.4 is 0 Å². The van der Waals surface area contributed by atoms with Gasteiger partial charge < -0.3 is 4.57 Å². The molecule has 160 valence electrons. The molecule has 0 unspecified atom stereocenters. The standard InChI is InChI=1S/C31H20N2S/c1-2-8-24(9-3-1)33-28-12-6-4-10-25(28)26-20-23(18-19-29(26)33)21-14-16-22(17-15-21)31-32-27-11-5-7-13-30(27)34-31/h1-20H. The second kappa shape index (κ2) is 7.68. The fourth-order valence-electron chi connectivity index (χ4n) is 4.81. The molecule has 0 aliphatic heterocycles. The molecule has 0 radical (unpaired) electrons. The minimum absolute atomic E-state index is 1.06. The van der Waals surface area contributed by atoms with Gasteiger partial charge >= 0.3 is 0 Å². The highest BCUT2D eigenvalue weighted by Gasteiger charge is 2.13. The zero-order valence-corrected chi connectivity index (χ0v) is 19.2. The van der Waals surface area contributed by atoms with Gasteiger partial charge in [-0.1, -0.05) is 78.9 Å². The number of para-hydroxylation sites is 3. The number of nitrogens with zero attached hydrogens (tertiary/aromatic N) is 2. The Bertz CT molecular complexity index is 1760. The maximum Gasteiger partial charge on any atom is 0.124 e. The Hall–Kier alpha value is -4.21. The normalized spacial score (nSPS) is 11.5. The van der Waals surface area contributed by atoms with Gasteiger partial charge in [0.2, 0.25) is 0 Å². The number of fused-ring (bicyclic) bond motifs is 4. The van der Waals surface area contributed by atoms with Crippen molar-refractivity contribution in [3.8, 4) is 27.4 Å². The first-order valence-corrected chi connectivity index (χ1v) is 12.2. The van der Waals surface area contributed by atoms with Crippen LogP contribution >= 0.6 is 11.3 Å². The van der Waals surface area contributed by atoms with Crippen molar-refractivity contribution in [2.75, 3.05) is 0 Å². The van der Waals surface area contributed by atoms with Crippen molar-refractivity contribution in [2.24, 2.45) is 0 Å². The lowest BCUT2D eigenvalue weighted by atomic mass is 10.0. The van der Waals surface area contributed by atoms with Crippen LogP contribution in [0, 0.1) is 0 Å². The van der Waals surface area contributed by atoms with E-state index in [4.69, 9.17) is 4.98 Å². The van der Waals surface area contributed by atoms with Gasteiger partial charge in [-0.25, -0.2) is 4.98 Å². The SMILES string of the molecule is c1ccc(-n2c3ccccc3c3cc(-c4ccc(-c5nc6ccccc6s5)cc4)ccc32)cc1. The molecule has 7 rings (SSSR count). The number of benzene rings is 5. The number of rotatable bonds is 3. The molecular weight excluding hydrogens is 432 g/mol. The van der Waals surface area contributed by atoms with Gasteiger partial charge in [0.15, 0.2) is 0 Å². The fourth-order valence-corrected chi connectivity index (χ4v) is 5.78. The van der Waals surface area contributed by atoms with E-state index in [-0.39, 0.29) is 0 Å². The van der Waals surface area contributed by atoms with Gasteiger partial charge in [0.1, 0.15) is 5.01 Å². The van der Waals surface area contributed by atoms with E-state index >= 15 is 0 Å². The average Bonchev–Trinajstić information content (AvgIpc) is 3.48. The summed E-state index contributed by atoms with van der Waals surface area (Å²) < 4.78 is 3.58. The van der Waals surface area contributed by atoms with Gasteiger partial charge in [-0.3, -0.25) is 0 Å². The summed E-state index contributed by atoms with van der Waals surface area (Å²) >= 11 is 1.74. The van der Waals surface area contributed by atoms with E-state index in [9.17, 15) is 0 Å². The molecule has 0 fully saturated rings. The zero-order chi connectivity index (χ0) is 22.5. The molecule has 0 spiro atoms. The zero-order valence-electron chi connectivity index (χ0n) is 18.3. The molecular formula is C31H20N2S. The molecule has 0 bridgehead atoms. The third-order valence-electron chi connectivity index (χ3n) is 6.45. The lowest BCUT2D eigenvalue weighted by Gasteiger charge is -2.08. The van der Waals surface area contributed by atoms with E-state index in [1.165, 1.54) is 43.3 Å². The molecule has 0 atom stereocenters. The molecule has 34 heavy (non-hydrogen) atoms. The van der Waals surface area contributed by atoms with Crippen LogP contribution in [0.5, 0.6) is 0 Å². The van der Waals surface area contributed by atoms with Crippen LogP contribution in [0.4, 0.5) is 0 Å². The number of aromatic nitrogens is 2. The van der Waals surface area contributed by atoms with Crippen molar-refractivity contribution < 1.29 is 0 Å². The van der Waals surface area contributed by atoms with Crippen LogP contribution in [0.1, 0.15) is 0 Å². The van der Waals surface area contributed by atoms with Crippen molar-refractivity contribution in [3.63, 3.8) is 0 Å². The fraction of sp³-hybridized carbons (Fsp3) is 0. The molecule has 0 aliphatic rings. The van der Waals surface area contributed by atoms with Crippen molar-refractivity contribution in [3.05, 3.63) is 121 Å². The first-order chi connectivity index (χ1) is 16.8. The van der Waals surface area contributed by atoms with Crippen LogP contribution in [-0.4, -0.2) is 9.55 Å². The maximum atomic E-state index is 4.81. The highest BCUT2D eigenvalue weighted by Crippen LogP contribution is 2.36. The number of thiazole rings is 1. The van der Waals surface area contributed by atoms with Crippen molar-refractivity contribution >= 4 is 43.4 Å². The molecule has 0 amide bonds. The molecule has 0 aliphatic carbocycles. The van der Waals surface area contributed by atoms with Crippen molar-refractivity contribution in [2.45, 2.75) is 0 Å². The Morgan fingerprint density at radius 2 is 1.21 bits per heavy atom. The second-order valence-electron chi connectivity index (χ2n) is 8.48. The van der Waals surface area contributed by atoms with Crippen LogP contribution in [0.25, 0.3) is 59.4 Å². The third-order valence-corrected chi connectivity index (χ3v) is 7.53. The minimum atomic E-state index is 1.06. The molecule has 2 heterocycles. The lowest BCUT2D eigenvalue weighted by molar-refractivity contribution is 1.18. The van der Waals surface area contributed by atoms with Gasteiger partial charge in [-0.2, -0.15) is 0 Å². The topological polar surface area (TPSA) is 17.8 Å². The van der Waals surface area contributed by atoms with Gasteiger partial charge in [-0.15, -0.1) is 11.3 Å². The summed E-state index contributed by atoms with van der Waals surface area (Å²) in [5.41, 5.74) is 8.29. The minimum Gasteiger partial charge on any atom is -0.309 e. The molecule has 0 saturated carbocycles. The summed E-state index contributed by atoms with van der Waals surface area (Å²) in [4.78, 5) is 4.81. The van der Waals surface area contributed by atoms with E-state index in [0.717, 1.165) is 16.1 Å². The second-order valence-corrected chi connectivity index (χ2v) is 9.51. The van der Waals surface area contributed by atoms with Crippen LogP contribution in [-0.2, 0) is 0 Å². The van der Waals surface area contributed by atoms with Crippen molar-refractivity contribution in [1.29, 1.82) is 0 Å². The summed E-state index contributed by atoms with van der Waals surface area (Å²) in [6.45, 7) is 0. The molecule has 0 saturated heterocycles. The van der Waals surface area contributed by atoms with E-state index in [0.29, 0.717) is 0 Å². The third kappa shape index (κ3) is 3.06. The van der Waals surface area contributed by atoms with Crippen LogP contribution in [0.2, 0.25) is 0 Å². The summed E-state index contributed by atoms with van der Waals surface area (Å²) in [6, 6.07) is 43.1. The number of hydrogen-bond acceptors (Lipinski definition) is 2. The molecule has 2 nitrogen and oxygen atoms in total. The van der Waals surface area contributed by atoms with Crippen molar-refractivity contribution in [1.82, 2.24) is 9.55 Å². The first kappa shape index (κ1) is 19.3. The highest BCUT2D eigenvalue weighted by molar-refractivity contribution is 7.21. The molecule has 2 aromatic heterocycles. The van der Waals surface area contributed by atoms with E-state index < -0.39 is 0 Å². The van der Waals surface area contributed by atoms with Gasteiger partial charge in [0, 0.05) is 22.0 Å². The lowest BCUT2D eigenvalue weighted by Crippen LogP contribution is -1.92. The average molecular weight is 453 g/mol. The first-order valence-electron chi connectivity index (χ1n) is 11.4. The predicted molar refractivity (Wildman–Crippen MR) is 145 cm³/mol. The quantitative estimate of drug-likeness (QED) is 0.262. The van der Waals surface area contributed by atoms with Gasteiger partial charge in [-0.05, 0) is 53.6 Å². The molecule has 7 aromatic rings. The monoisotopic (exact) mass is 452 g/mol.